The quantitative estimate of drug-likeness (QED) is 0.358. The van der Waals surface area contributed by atoms with Crippen molar-refractivity contribution in [3.63, 3.8) is 0 Å². The number of hydrogen-bond acceptors (Lipinski definition) is 7. The Balaban J connectivity index is 1.36. The van der Waals surface area contributed by atoms with Gasteiger partial charge in [-0.05, 0) is 36.4 Å². The van der Waals surface area contributed by atoms with Crippen LogP contribution in [0.2, 0.25) is 0 Å². The predicted octanol–water partition coefficient (Wildman–Crippen LogP) is 2.90. The number of nitrogens with one attached hydrogen (secondary N) is 2. The molecule has 1 aliphatic rings. The van der Waals surface area contributed by atoms with Crippen molar-refractivity contribution in [2.24, 2.45) is 0 Å². The van der Waals surface area contributed by atoms with Crippen molar-refractivity contribution >= 4 is 40.0 Å². The van der Waals surface area contributed by atoms with Crippen molar-refractivity contribution in [3.8, 4) is 5.75 Å². The monoisotopic (exact) mass is 499 g/mol. The third kappa shape index (κ3) is 5.18. The lowest BCUT2D eigenvalue weighted by Gasteiger charge is -2.36. The number of rotatable bonds is 7. The van der Waals surface area contributed by atoms with Crippen molar-refractivity contribution in [3.05, 3.63) is 72.7 Å². The number of anilines is 3. The van der Waals surface area contributed by atoms with Crippen LogP contribution in [0.3, 0.4) is 0 Å². The Bertz CT molecular complexity index is 1410. The molecule has 4 aromatic rings. The van der Waals surface area contributed by atoms with Gasteiger partial charge >= 0.3 is 0 Å². The molecule has 3 heterocycles. The third-order valence-electron chi connectivity index (χ3n) is 6.49. The van der Waals surface area contributed by atoms with Crippen molar-refractivity contribution in [1.82, 2.24) is 25.2 Å². The standard InChI is InChI=1S/C27H29N7O3/c1-19(35)28-11-12-34(26-22-9-10-29-25(22)30-18-31-26)21-6-4-5-20(17-21)27(37)33-15-13-32(14-16-33)23-7-2-3-8-24(23)36/h2-10,17-18,36H,11-16H2,1H3,(H,28,35)(H,29,30,31). The van der Waals surface area contributed by atoms with Crippen LogP contribution >= 0.6 is 0 Å². The molecular weight excluding hydrogens is 470 g/mol. The molecule has 0 atom stereocenters. The Kier molecular flexibility index (Phi) is 6.89. The first-order chi connectivity index (χ1) is 18.0. The lowest BCUT2D eigenvalue weighted by molar-refractivity contribution is -0.118. The average Bonchev–Trinajstić information content (AvgIpc) is 3.41. The van der Waals surface area contributed by atoms with Crippen molar-refractivity contribution in [2.75, 3.05) is 49.1 Å². The van der Waals surface area contributed by atoms with E-state index in [0.717, 1.165) is 16.8 Å². The minimum atomic E-state index is -0.110. The second-order valence-electron chi connectivity index (χ2n) is 8.89. The fourth-order valence-electron chi connectivity index (χ4n) is 4.65. The predicted molar refractivity (Wildman–Crippen MR) is 142 cm³/mol. The Labute approximate surface area is 214 Å². The molecule has 3 N–H and O–H groups in total. The summed E-state index contributed by atoms with van der Waals surface area (Å²) in [4.78, 5) is 42.8. The number of phenolic OH excluding ortho intramolecular Hbond substituents is 1. The van der Waals surface area contributed by atoms with Gasteiger partial charge < -0.3 is 30.1 Å². The summed E-state index contributed by atoms with van der Waals surface area (Å²) < 4.78 is 0. The highest BCUT2D eigenvalue weighted by Crippen LogP contribution is 2.30. The molecule has 0 spiro atoms. The molecule has 0 unspecified atom stereocenters. The van der Waals surface area contributed by atoms with Gasteiger partial charge in [-0.15, -0.1) is 0 Å². The summed E-state index contributed by atoms with van der Waals surface area (Å²) in [6, 6.07) is 16.7. The summed E-state index contributed by atoms with van der Waals surface area (Å²) in [5.74, 6) is 0.782. The van der Waals surface area contributed by atoms with Gasteiger partial charge in [-0.1, -0.05) is 18.2 Å². The van der Waals surface area contributed by atoms with E-state index in [4.69, 9.17) is 0 Å². The van der Waals surface area contributed by atoms with Crippen LogP contribution in [0.4, 0.5) is 17.2 Å². The molecule has 2 aromatic heterocycles. The second-order valence-corrected chi connectivity index (χ2v) is 8.89. The number of H-pyrrole nitrogens is 1. The molecule has 1 saturated heterocycles. The van der Waals surface area contributed by atoms with Crippen LogP contribution in [0, 0.1) is 0 Å². The van der Waals surface area contributed by atoms with Crippen molar-refractivity contribution in [1.29, 1.82) is 0 Å². The van der Waals surface area contributed by atoms with Crippen LogP contribution in [-0.2, 0) is 4.79 Å². The highest BCUT2D eigenvalue weighted by atomic mass is 16.3. The molecule has 37 heavy (non-hydrogen) atoms. The van der Waals surface area contributed by atoms with Crippen LogP contribution in [-0.4, -0.2) is 76.0 Å². The normalized spacial score (nSPS) is 13.5. The third-order valence-corrected chi connectivity index (χ3v) is 6.49. The first kappa shape index (κ1) is 24.1. The summed E-state index contributed by atoms with van der Waals surface area (Å²) in [7, 11) is 0. The number of aromatic nitrogens is 3. The molecule has 0 aliphatic carbocycles. The highest BCUT2D eigenvalue weighted by Gasteiger charge is 2.24. The average molecular weight is 500 g/mol. The number of carbonyl (C=O) groups excluding carboxylic acids is 2. The van der Waals surface area contributed by atoms with E-state index in [-0.39, 0.29) is 17.6 Å². The number of benzene rings is 2. The number of phenols is 1. The fourth-order valence-corrected chi connectivity index (χ4v) is 4.65. The fraction of sp³-hybridized carbons (Fsp3) is 0.259. The van der Waals surface area contributed by atoms with Crippen LogP contribution in [0.1, 0.15) is 17.3 Å². The van der Waals surface area contributed by atoms with E-state index in [1.54, 1.807) is 12.1 Å². The van der Waals surface area contributed by atoms with Crippen LogP contribution in [0.15, 0.2) is 67.1 Å². The largest absolute Gasteiger partial charge is 0.506 e. The lowest BCUT2D eigenvalue weighted by atomic mass is 10.1. The van der Waals surface area contributed by atoms with E-state index in [2.05, 4.69) is 25.2 Å². The van der Waals surface area contributed by atoms with Crippen LogP contribution in [0.25, 0.3) is 11.0 Å². The van der Waals surface area contributed by atoms with Gasteiger partial charge in [-0.3, -0.25) is 9.59 Å². The second kappa shape index (κ2) is 10.6. The maximum Gasteiger partial charge on any atom is 0.254 e. The van der Waals surface area contributed by atoms with E-state index in [1.165, 1.54) is 13.3 Å². The molecule has 10 nitrogen and oxygen atoms in total. The number of hydrogen-bond donors (Lipinski definition) is 3. The van der Waals surface area contributed by atoms with Gasteiger partial charge in [0.1, 0.15) is 23.5 Å². The molecule has 2 amide bonds. The van der Waals surface area contributed by atoms with Crippen molar-refractivity contribution < 1.29 is 14.7 Å². The molecule has 0 radical (unpaired) electrons. The molecule has 2 aromatic carbocycles. The summed E-state index contributed by atoms with van der Waals surface area (Å²) in [6.45, 7) is 4.75. The SMILES string of the molecule is CC(=O)NCCN(c1cccc(C(=O)N2CCN(c3ccccc3O)CC2)c1)c1ncnc2[nH]ccc12. The molecule has 1 aliphatic heterocycles. The molecular formula is C27H29N7O3. The Hall–Kier alpha value is -4.60. The summed E-state index contributed by atoms with van der Waals surface area (Å²) in [5, 5.41) is 13.9. The van der Waals surface area contributed by atoms with E-state index in [1.807, 2.05) is 58.5 Å². The molecule has 5 rings (SSSR count). The van der Waals surface area contributed by atoms with Gasteiger partial charge in [0, 0.05) is 63.6 Å². The van der Waals surface area contributed by atoms with Gasteiger partial charge in [0.25, 0.3) is 5.91 Å². The molecule has 1 fully saturated rings. The van der Waals surface area contributed by atoms with E-state index in [9.17, 15) is 14.7 Å². The molecule has 190 valence electrons. The zero-order valence-corrected chi connectivity index (χ0v) is 20.6. The van der Waals surface area contributed by atoms with E-state index < -0.39 is 0 Å². The van der Waals surface area contributed by atoms with Gasteiger partial charge in [0.2, 0.25) is 5.91 Å². The first-order valence-corrected chi connectivity index (χ1v) is 12.2. The topological polar surface area (TPSA) is 118 Å². The maximum absolute atomic E-state index is 13.4. The zero-order chi connectivity index (χ0) is 25.8. The first-order valence-electron chi connectivity index (χ1n) is 12.2. The molecule has 10 heteroatoms. The lowest BCUT2D eigenvalue weighted by Crippen LogP contribution is -2.48. The minimum Gasteiger partial charge on any atom is -0.506 e. The number of carbonyl (C=O) groups is 2. The maximum atomic E-state index is 13.4. The van der Waals surface area contributed by atoms with Crippen molar-refractivity contribution in [2.45, 2.75) is 6.92 Å². The highest BCUT2D eigenvalue weighted by molar-refractivity contribution is 5.96. The zero-order valence-electron chi connectivity index (χ0n) is 20.6. The summed E-state index contributed by atoms with van der Waals surface area (Å²) >= 11 is 0. The van der Waals surface area contributed by atoms with Crippen LogP contribution < -0.4 is 15.1 Å². The van der Waals surface area contributed by atoms with E-state index in [0.29, 0.717) is 56.3 Å². The van der Waals surface area contributed by atoms with E-state index >= 15 is 0 Å². The summed E-state index contributed by atoms with van der Waals surface area (Å²) in [5.41, 5.74) is 2.87. The number of fused-ring (bicyclic) bond motifs is 1. The van der Waals surface area contributed by atoms with Crippen LogP contribution in [0.5, 0.6) is 5.75 Å². The molecule has 0 bridgehead atoms. The van der Waals surface area contributed by atoms with Gasteiger partial charge in [0.05, 0.1) is 11.1 Å². The van der Waals surface area contributed by atoms with Gasteiger partial charge in [-0.2, -0.15) is 0 Å². The number of aromatic amines is 1. The number of nitrogens with zero attached hydrogens (tertiary/aromatic N) is 5. The Morgan fingerprint density at radius 3 is 2.65 bits per heavy atom. The molecule has 0 saturated carbocycles. The summed E-state index contributed by atoms with van der Waals surface area (Å²) in [6.07, 6.45) is 3.31. The number of amides is 2. The Morgan fingerprint density at radius 1 is 1.05 bits per heavy atom. The van der Waals surface area contributed by atoms with Gasteiger partial charge in [0.15, 0.2) is 0 Å². The van der Waals surface area contributed by atoms with Gasteiger partial charge in [-0.25, -0.2) is 9.97 Å². The number of para-hydroxylation sites is 2. The minimum absolute atomic E-state index is 0.0462. The Morgan fingerprint density at radius 2 is 1.86 bits per heavy atom. The smallest absolute Gasteiger partial charge is 0.254 e. The number of aromatic hydroxyl groups is 1. The number of piperazine rings is 1.